The van der Waals surface area contributed by atoms with Gasteiger partial charge in [0.25, 0.3) is 0 Å². The van der Waals surface area contributed by atoms with Crippen molar-refractivity contribution in [2.75, 3.05) is 13.2 Å². The molecule has 1 atom stereocenters. The molecule has 0 heterocycles. The number of rotatable bonds is 44. The molecule has 0 aliphatic heterocycles. The Morgan fingerprint density at radius 1 is 0.383 bits per heavy atom. The van der Waals surface area contributed by atoms with Crippen LogP contribution in [0.15, 0.2) is 97.2 Å². The molecule has 0 aromatic carbocycles. The lowest BCUT2D eigenvalue weighted by atomic mass is 10.0. The van der Waals surface area contributed by atoms with E-state index in [1.165, 1.54) is 96.3 Å². The molecule has 1 unspecified atom stereocenters. The predicted molar refractivity (Wildman–Crippen MR) is 260 cm³/mol. The van der Waals surface area contributed by atoms with Crippen LogP contribution in [0.5, 0.6) is 0 Å². The van der Waals surface area contributed by atoms with E-state index in [-0.39, 0.29) is 25.2 Å². The highest BCUT2D eigenvalue weighted by Gasteiger charge is 2.16. The number of unbranched alkanes of at least 4 members (excludes halogenated alkanes) is 20. The first kappa shape index (κ1) is 56.8. The average Bonchev–Trinajstić information content (AvgIpc) is 3.25. The summed E-state index contributed by atoms with van der Waals surface area (Å²) in [7, 11) is 0. The maximum absolute atomic E-state index is 12.3. The molecule has 1 N–H and O–H groups in total. The molecule has 60 heavy (non-hydrogen) atoms. The molecule has 0 bridgehead atoms. The van der Waals surface area contributed by atoms with Crippen LogP contribution in [0.3, 0.4) is 0 Å². The molecule has 0 spiro atoms. The third kappa shape index (κ3) is 47.5. The van der Waals surface area contributed by atoms with E-state index in [0.29, 0.717) is 12.8 Å². The van der Waals surface area contributed by atoms with Gasteiger partial charge in [-0.1, -0.05) is 214 Å². The van der Waals surface area contributed by atoms with Gasteiger partial charge >= 0.3 is 11.9 Å². The van der Waals surface area contributed by atoms with Gasteiger partial charge in [-0.3, -0.25) is 9.59 Å². The predicted octanol–water partition coefficient (Wildman–Crippen LogP) is 16.4. The number of aliphatic hydroxyl groups is 1. The van der Waals surface area contributed by atoms with E-state index in [4.69, 9.17) is 9.47 Å². The molecule has 0 saturated heterocycles. The Morgan fingerprint density at radius 3 is 1.00 bits per heavy atom. The van der Waals surface area contributed by atoms with E-state index in [1.807, 2.05) is 0 Å². The highest BCUT2D eigenvalue weighted by atomic mass is 16.6. The van der Waals surface area contributed by atoms with Crippen molar-refractivity contribution in [2.45, 2.75) is 225 Å². The Balaban J connectivity index is 3.55. The third-order valence-corrected chi connectivity index (χ3v) is 10.4. The lowest BCUT2D eigenvalue weighted by Gasteiger charge is -2.15. The summed E-state index contributed by atoms with van der Waals surface area (Å²) in [5.41, 5.74) is 0. The van der Waals surface area contributed by atoms with Crippen LogP contribution in [0.25, 0.3) is 0 Å². The van der Waals surface area contributed by atoms with Crippen molar-refractivity contribution < 1.29 is 24.2 Å². The summed E-state index contributed by atoms with van der Waals surface area (Å²) in [6, 6.07) is 0. The van der Waals surface area contributed by atoms with E-state index in [1.54, 1.807) is 0 Å². The fourth-order valence-corrected chi connectivity index (χ4v) is 6.71. The van der Waals surface area contributed by atoms with Gasteiger partial charge in [-0.05, 0) is 89.9 Å². The van der Waals surface area contributed by atoms with Gasteiger partial charge in [-0.15, -0.1) is 0 Å². The van der Waals surface area contributed by atoms with Crippen LogP contribution in [-0.2, 0) is 19.1 Å². The number of hydrogen-bond acceptors (Lipinski definition) is 5. The minimum atomic E-state index is -0.783. The van der Waals surface area contributed by atoms with Gasteiger partial charge in [0.05, 0.1) is 6.61 Å². The summed E-state index contributed by atoms with van der Waals surface area (Å²) in [5, 5.41) is 9.63. The minimum Gasteiger partial charge on any atom is -0.462 e. The highest BCUT2D eigenvalue weighted by Crippen LogP contribution is 2.15. The molecule has 0 aromatic rings. The van der Waals surface area contributed by atoms with Crippen molar-refractivity contribution in [3.05, 3.63) is 97.2 Å². The number of ether oxygens (including phenoxy) is 2. The molecule has 0 amide bonds. The lowest BCUT2D eigenvalue weighted by molar-refractivity contribution is -0.161. The first-order valence-electron chi connectivity index (χ1n) is 24.8. The maximum atomic E-state index is 12.3. The van der Waals surface area contributed by atoms with Crippen molar-refractivity contribution in [3.63, 3.8) is 0 Å². The van der Waals surface area contributed by atoms with Crippen LogP contribution in [0.1, 0.15) is 219 Å². The number of allylic oxidation sites excluding steroid dienone is 16. The second kappa shape index (κ2) is 50.2. The quantitative estimate of drug-likeness (QED) is 0.0376. The number of aliphatic hydroxyl groups excluding tert-OH is 1. The molecule has 0 rings (SSSR count). The van der Waals surface area contributed by atoms with E-state index in [2.05, 4.69) is 111 Å². The van der Waals surface area contributed by atoms with Crippen molar-refractivity contribution in [3.8, 4) is 0 Å². The Bertz CT molecular complexity index is 1170. The van der Waals surface area contributed by atoms with E-state index in [0.717, 1.165) is 96.3 Å². The Labute approximate surface area is 370 Å². The second-order valence-corrected chi connectivity index (χ2v) is 16.1. The Hall–Kier alpha value is -3.18. The first-order chi connectivity index (χ1) is 29.6. The second-order valence-electron chi connectivity index (χ2n) is 16.1. The molecule has 0 radical (unpaired) electrons. The largest absolute Gasteiger partial charge is 0.462 e. The molecule has 0 fully saturated rings. The highest BCUT2D eigenvalue weighted by molar-refractivity contribution is 5.70. The summed E-state index contributed by atoms with van der Waals surface area (Å²) in [6.07, 6.45) is 70.6. The molecule has 0 aromatic heterocycles. The third-order valence-electron chi connectivity index (χ3n) is 10.4. The number of esters is 2. The molecule has 0 aliphatic rings. The van der Waals surface area contributed by atoms with Gasteiger partial charge in [0.2, 0.25) is 0 Å². The van der Waals surface area contributed by atoms with Gasteiger partial charge < -0.3 is 14.6 Å². The standard InChI is InChI=1S/C55H92O5/c1-3-5-7-9-11-13-15-17-19-21-23-25-26-27-28-30-32-34-36-38-40-42-44-46-48-50-55(58)60-53(51-56)52-59-54(57)49-47-45-43-41-39-37-35-33-31-29-24-22-20-18-16-14-12-10-8-6-4-2/h5-8,11-14,17-20,23-25,29,53,56H,3-4,9-10,15-16,21-22,26-28,30-52H2,1-2H3/b7-5-,8-6-,13-11-,14-12-,19-17-,20-18-,25-23-,29-24-. The number of carbonyl (C=O) groups is 2. The van der Waals surface area contributed by atoms with Gasteiger partial charge in [0.15, 0.2) is 6.10 Å². The first-order valence-corrected chi connectivity index (χ1v) is 24.8. The zero-order valence-corrected chi connectivity index (χ0v) is 38.9. The molecular formula is C55H92O5. The topological polar surface area (TPSA) is 72.8 Å². The van der Waals surface area contributed by atoms with Crippen LogP contribution in [0.2, 0.25) is 0 Å². The van der Waals surface area contributed by atoms with Crippen LogP contribution in [0, 0.1) is 0 Å². The Morgan fingerprint density at radius 2 is 0.667 bits per heavy atom. The summed E-state index contributed by atoms with van der Waals surface area (Å²) < 4.78 is 10.7. The Kier molecular flexibility index (Phi) is 47.5. The zero-order chi connectivity index (χ0) is 43.5. The van der Waals surface area contributed by atoms with E-state index < -0.39 is 6.10 Å². The summed E-state index contributed by atoms with van der Waals surface area (Å²) in [4.78, 5) is 24.5. The summed E-state index contributed by atoms with van der Waals surface area (Å²) in [5.74, 6) is -0.605. The van der Waals surface area contributed by atoms with Crippen LogP contribution in [-0.4, -0.2) is 36.4 Å². The normalized spacial score (nSPS) is 13.1. The lowest BCUT2D eigenvalue weighted by Crippen LogP contribution is -2.28. The van der Waals surface area contributed by atoms with Gasteiger partial charge in [-0.25, -0.2) is 0 Å². The number of carbonyl (C=O) groups excluding carboxylic acids is 2. The van der Waals surface area contributed by atoms with E-state index >= 15 is 0 Å². The van der Waals surface area contributed by atoms with Crippen molar-refractivity contribution in [1.29, 1.82) is 0 Å². The maximum Gasteiger partial charge on any atom is 0.306 e. The van der Waals surface area contributed by atoms with Crippen LogP contribution in [0.4, 0.5) is 0 Å². The minimum absolute atomic E-state index is 0.0754. The van der Waals surface area contributed by atoms with E-state index in [9.17, 15) is 14.7 Å². The molecule has 0 aliphatic carbocycles. The molecular weight excluding hydrogens is 741 g/mol. The molecule has 342 valence electrons. The molecule has 0 saturated carbocycles. The van der Waals surface area contributed by atoms with Crippen LogP contribution < -0.4 is 0 Å². The fraction of sp³-hybridized carbons (Fsp3) is 0.673. The summed E-state index contributed by atoms with van der Waals surface area (Å²) >= 11 is 0. The van der Waals surface area contributed by atoms with Gasteiger partial charge in [-0.2, -0.15) is 0 Å². The molecule has 5 heteroatoms. The monoisotopic (exact) mass is 833 g/mol. The average molecular weight is 833 g/mol. The van der Waals surface area contributed by atoms with Crippen molar-refractivity contribution in [1.82, 2.24) is 0 Å². The van der Waals surface area contributed by atoms with Crippen molar-refractivity contribution in [2.24, 2.45) is 0 Å². The molecule has 5 nitrogen and oxygen atoms in total. The van der Waals surface area contributed by atoms with Crippen LogP contribution >= 0.6 is 0 Å². The number of hydrogen-bond donors (Lipinski definition) is 1. The SMILES string of the molecule is CC/C=C\C/C=C\C/C=C\C/C=C\CCCCCCCCCCCCCCC(=O)OC(CO)COC(=O)CCCCCCCCCC/C=C\C/C=C\C/C=C\C/C=C\CC. The zero-order valence-electron chi connectivity index (χ0n) is 38.9. The smallest absolute Gasteiger partial charge is 0.306 e. The van der Waals surface area contributed by atoms with Gasteiger partial charge in [0.1, 0.15) is 6.61 Å². The van der Waals surface area contributed by atoms with Crippen molar-refractivity contribution >= 4 is 11.9 Å². The van der Waals surface area contributed by atoms with Gasteiger partial charge in [0, 0.05) is 12.8 Å². The summed E-state index contributed by atoms with van der Waals surface area (Å²) in [6.45, 7) is 3.91. The fourth-order valence-electron chi connectivity index (χ4n) is 6.71.